The van der Waals surface area contributed by atoms with Crippen LogP contribution in [0, 0.1) is 23.6 Å². The van der Waals surface area contributed by atoms with Gasteiger partial charge >= 0.3 is 0 Å². The zero-order chi connectivity index (χ0) is 26.2. The number of piperidine rings is 1. The lowest BCUT2D eigenvalue weighted by molar-refractivity contribution is -0.127. The second kappa shape index (κ2) is 10.4. The molecule has 3 atom stereocenters. The SMILES string of the molecule is C[C@H]1C2=CNN(c3ccc(F)cc3)C2=CC2=C1[C@@H](CC(NC(=O)C1CCN(C)CC1)c1ccccc1)CC2. The summed E-state index contributed by atoms with van der Waals surface area (Å²) in [5.74, 6) is 0.780. The Balaban J connectivity index is 1.23. The monoisotopic (exact) mass is 512 g/mol. The number of hydrazine groups is 1. The van der Waals surface area contributed by atoms with E-state index in [1.807, 2.05) is 18.2 Å². The molecule has 4 aliphatic rings. The average molecular weight is 513 g/mol. The molecule has 6 heteroatoms. The van der Waals surface area contributed by atoms with Crippen LogP contribution in [-0.4, -0.2) is 30.9 Å². The van der Waals surface area contributed by atoms with Crippen LogP contribution in [0.4, 0.5) is 10.1 Å². The predicted octanol–water partition coefficient (Wildman–Crippen LogP) is 5.86. The molecule has 2 aliphatic carbocycles. The van der Waals surface area contributed by atoms with Crippen molar-refractivity contribution < 1.29 is 9.18 Å². The van der Waals surface area contributed by atoms with Crippen molar-refractivity contribution in [3.05, 3.63) is 101 Å². The lowest BCUT2D eigenvalue weighted by Gasteiger charge is -2.33. The highest BCUT2D eigenvalue weighted by molar-refractivity contribution is 5.79. The maximum Gasteiger partial charge on any atom is 0.223 e. The molecule has 2 aromatic carbocycles. The average Bonchev–Trinajstić information content (AvgIpc) is 3.54. The van der Waals surface area contributed by atoms with Gasteiger partial charge in [0.2, 0.25) is 5.91 Å². The second-order valence-corrected chi connectivity index (χ2v) is 11.3. The van der Waals surface area contributed by atoms with Gasteiger partial charge in [-0.05, 0) is 99.6 Å². The van der Waals surface area contributed by atoms with Crippen LogP contribution in [0.25, 0.3) is 0 Å². The first-order chi connectivity index (χ1) is 18.5. The van der Waals surface area contributed by atoms with Crippen LogP contribution >= 0.6 is 0 Å². The fourth-order valence-corrected chi connectivity index (χ4v) is 6.77. The lowest BCUT2D eigenvalue weighted by Crippen LogP contribution is -2.40. The maximum absolute atomic E-state index is 13.5. The number of nitrogens with zero attached hydrogens (tertiary/aromatic N) is 2. The van der Waals surface area contributed by atoms with E-state index in [2.05, 4.69) is 71.2 Å². The first-order valence-corrected chi connectivity index (χ1v) is 14.0. The Morgan fingerprint density at radius 2 is 1.82 bits per heavy atom. The minimum atomic E-state index is -0.230. The highest BCUT2D eigenvalue weighted by Crippen LogP contribution is 2.49. The quantitative estimate of drug-likeness (QED) is 0.509. The van der Waals surface area contributed by atoms with Gasteiger partial charge in [0.15, 0.2) is 0 Å². The summed E-state index contributed by atoms with van der Waals surface area (Å²) in [6.07, 6.45) is 9.33. The molecule has 5 nitrogen and oxygen atoms in total. The van der Waals surface area contributed by atoms with Gasteiger partial charge < -0.3 is 15.6 Å². The summed E-state index contributed by atoms with van der Waals surface area (Å²) in [5, 5.41) is 5.53. The van der Waals surface area contributed by atoms with Crippen molar-refractivity contribution in [1.82, 2.24) is 15.6 Å². The van der Waals surface area contributed by atoms with Gasteiger partial charge in [-0.3, -0.25) is 9.80 Å². The molecular weight excluding hydrogens is 475 g/mol. The zero-order valence-corrected chi connectivity index (χ0v) is 22.3. The third kappa shape index (κ3) is 4.78. The van der Waals surface area contributed by atoms with E-state index in [-0.39, 0.29) is 29.6 Å². The Morgan fingerprint density at radius 3 is 2.55 bits per heavy atom. The molecule has 0 radical (unpaired) electrons. The van der Waals surface area contributed by atoms with Gasteiger partial charge in [0.1, 0.15) is 5.82 Å². The molecule has 0 aromatic heterocycles. The number of nitrogens with one attached hydrogen (secondary N) is 2. The van der Waals surface area contributed by atoms with E-state index in [0.717, 1.165) is 56.6 Å². The maximum atomic E-state index is 13.5. The van der Waals surface area contributed by atoms with E-state index in [1.54, 1.807) is 0 Å². The van der Waals surface area contributed by atoms with Crippen molar-refractivity contribution in [2.45, 2.75) is 45.1 Å². The number of carbonyl (C=O) groups is 1. The van der Waals surface area contributed by atoms with Gasteiger partial charge in [-0.15, -0.1) is 0 Å². The van der Waals surface area contributed by atoms with Crippen molar-refractivity contribution in [2.24, 2.45) is 17.8 Å². The summed E-state index contributed by atoms with van der Waals surface area (Å²) in [5.41, 5.74) is 10.9. The third-order valence-corrected chi connectivity index (χ3v) is 8.92. The van der Waals surface area contributed by atoms with E-state index in [1.165, 1.54) is 34.4 Å². The number of rotatable bonds is 6. The Bertz CT molecular complexity index is 1270. The van der Waals surface area contributed by atoms with Gasteiger partial charge in [0.05, 0.1) is 17.4 Å². The number of allylic oxidation sites excluding steroid dienone is 4. The van der Waals surface area contributed by atoms with Crippen LogP contribution in [0.5, 0.6) is 0 Å². The molecule has 198 valence electrons. The number of halogens is 1. The molecular formula is C32H37FN4O. The van der Waals surface area contributed by atoms with Gasteiger partial charge in [-0.25, -0.2) is 4.39 Å². The molecule has 1 amide bonds. The third-order valence-electron chi connectivity index (χ3n) is 8.92. The van der Waals surface area contributed by atoms with Gasteiger partial charge in [-0.1, -0.05) is 42.8 Å². The summed E-state index contributed by atoms with van der Waals surface area (Å²) < 4.78 is 13.5. The first kappa shape index (κ1) is 24.9. The van der Waals surface area contributed by atoms with Crippen LogP contribution in [0.3, 0.4) is 0 Å². The summed E-state index contributed by atoms with van der Waals surface area (Å²) in [6, 6.07) is 17.1. The lowest BCUT2D eigenvalue weighted by atomic mass is 9.78. The van der Waals surface area contributed by atoms with E-state index in [9.17, 15) is 9.18 Å². The number of hydrogen-bond acceptors (Lipinski definition) is 4. The summed E-state index contributed by atoms with van der Waals surface area (Å²) in [6.45, 7) is 4.27. The standard InChI is InChI=1S/C32H37FN4O/c1-21-28-20-34-37(27-12-10-26(33)11-13-27)30(28)19-25-9-8-24(31(21)25)18-29(22-6-4-3-5-7-22)35-32(38)23-14-16-36(2)17-15-23/h3-7,10-13,19-21,23-24,29,34H,8-9,14-18H2,1-2H3,(H,35,38)/t21-,24+,29?/m0/s1. The van der Waals surface area contributed by atoms with Crippen LogP contribution in [0.15, 0.2) is 89.3 Å². The Hall–Kier alpha value is -3.38. The largest absolute Gasteiger partial charge is 0.349 e. The van der Waals surface area contributed by atoms with E-state index >= 15 is 0 Å². The molecule has 2 aromatic rings. The number of benzene rings is 2. The molecule has 1 fully saturated rings. The van der Waals surface area contributed by atoms with Crippen LogP contribution in [0.2, 0.25) is 0 Å². The fourth-order valence-electron chi connectivity index (χ4n) is 6.77. The fraction of sp³-hybridized carbons (Fsp3) is 0.406. The minimum Gasteiger partial charge on any atom is -0.349 e. The van der Waals surface area contributed by atoms with E-state index in [4.69, 9.17) is 0 Å². The smallest absolute Gasteiger partial charge is 0.223 e. The molecule has 0 spiro atoms. The molecule has 6 rings (SSSR count). The molecule has 0 saturated carbocycles. The predicted molar refractivity (Wildman–Crippen MR) is 149 cm³/mol. The highest BCUT2D eigenvalue weighted by Gasteiger charge is 2.39. The molecule has 1 unspecified atom stereocenters. The molecule has 1 saturated heterocycles. The van der Waals surface area contributed by atoms with Crippen molar-refractivity contribution in [3.8, 4) is 0 Å². The second-order valence-electron chi connectivity index (χ2n) is 11.3. The van der Waals surface area contributed by atoms with Crippen molar-refractivity contribution in [1.29, 1.82) is 0 Å². The van der Waals surface area contributed by atoms with Crippen molar-refractivity contribution in [2.75, 3.05) is 25.1 Å². The van der Waals surface area contributed by atoms with Crippen molar-refractivity contribution >= 4 is 11.6 Å². The normalized spacial score (nSPS) is 24.3. The molecule has 38 heavy (non-hydrogen) atoms. The van der Waals surface area contributed by atoms with E-state index in [0.29, 0.717) is 5.92 Å². The molecule has 2 heterocycles. The molecule has 0 bridgehead atoms. The summed E-state index contributed by atoms with van der Waals surface area (Å²) in [7, 11) is 2.13. The summed E-state index contributed by atoms with van der Waals surface area (Å²) in [4.78, 5) is 15.7. The first-order valence-electron chi connectivity index (χ1n) is 14.0. The zero-order valence-electron chi connectivity index (χ0n) is 22.3. The Kier molecular flexibility index (Phi) is 6.83. The topological polar surface area (TPSA) is 47.6 Å². The van der Waals surface area contributed by atoms with Gasteiger partial charge in [-0.2, -0.15) is 0 Å². The van der Waals surface area contributed by atoms with Crippen LogP contribution < -0.4 is 15.8 Å². The minimum absolute atomic E-state index is 0.00387. The number of hydrogen-bond donors (Lipinski definition) is 2. The number of anilines is 1. The van der Waals surface area contributed by atoms with Crippen LogP contribution in [-0.2, 0) is 4.79 Å². The number of fused-ring (bicyclic) bond motifs is 1. The Labute approximate surface area is 225 Å². The van der Waals surface area contributed by atoms with Gasteiger partial charge in [0.25, 0.3) is 0 Å². The van der Waals surface area contributed by atoms with Crippen molar-refractivity contribution in [3.63, 3.8) is 0 Å². The molecule has 2 N–H and O–H groups in total. The molecule has 2 aliphatic heterocycles. The summed E-state index contributed by atoms with van der Waals surface area (Å²) >= 11 is 0. The van der Waals surface area contributed by atoms with Gasteiger partial charge in [0, 0.05) is 23.6 Å². The highest BCUT2D eigenvalue weighted by atomic mass is 19.1. The number of amides is 1. The van der Waals surface area contributed by atoms with Crippen LogP contribution in [0.1, 0.15) is 50.6 Å². The van der Waals surface area contributed by atoms with E-state index < -0.39 is 0 Å². The number of likely N-dealkylation sites (tertiary alicyclic amines) is 1. The Morgan fingerprint density at radius 1 is 1.08 bits per heavy atom. The number of carbonyl (C=O) groups excluding carboxylic acids is 1.